The van der Waals surface area contributed by atoms with Crippen molar-refractivity contribution in [2.45, 2.75) is 27.7 Å². The lowest BCUT2D eigenvalue weighted by Gasteiger charge is -2.13. The summed E-state index contributed by atoms with van der Waals surface area (Å²) in [5, 5.41) is 4.00. The first-order chi connectivity index (χ1) is 14.0. The minimum atomic E-state index is 0.483. The first-order valence-electron chi connectivity index (χ1n) is 9.41. The van der Waals surface area contributed by atoms with Crippen LogP contribution in [0.4, 0.5) is 11.4 Å². The van der Waals surface area contributed by atoms with Gasteiger partial charge in [-0.15, -0.1) is 22.9 Å². The smallest absolute Gasteiger partial charge is 0.162 e. The summed E-state index contributed by atoms with van der Waals surface area (Å²) in [6, 6.07) is 1.92. The number of aliphatic imine (C=N–C) groups is 1. The van der Waals surface area contributed by atoms with E-state index in [0.29, 0.717) is 16.4 Å². The molecular weight excluding hydrogens is 404 g/mol. The van der Waals surface area contributed by atoms with Gasteiger partial charge in [0.05, 0.1) is 28.0 Å². The van der Waals surface area contributed by atoms with Gasteiger partial charge in [-0.3, -0.25) is 4.79 Å². The van der Waals surface area contributed by atoms with Gasteiger partial charge in [0.2, 0.25) is 0 Å². The van der Waals surface area contributed by atoms with E-state index in [2.05, 4.69) is 15.3 Å². The monoisotopic (exact) mass is 432 g/mol. The molecule has 2 rings (SSSR count). The van der Waals surface area contributed by atoms with E-state index in [1.54, 1.807) is 12.5 Å². The Morgan fingerprint density at radius 1 is 1.38 bits per heavy atom. The maximum absolute atomic E-state index is 11.5. The third-order valence-electron chi connectivity index (χ3n) is 3.83. The fourth-order valence-corrected chi connectivity index (χ4v) is 3.54. The SMILES string of the molecule is CC.C\C=C(/C=C\C=C(/C)NC=Nc1c(C=O)sc2nccc(N(C)C)c12)CCl. The van der Waals surface area contributed by atoms with Crippen molar-refractivity contribution in [1.82, 2.24) is 10.3 Å². The number of aldehydes is 1. The fourth-order valence-electron chi connectivity index (χ4n) is 2.37. The first kappa shape index (κ1) is 24.6. The van der Waals surface area contributed by atoms with E-state index in [1.165, 1.54) is 11.3 Å². The number of hydrogen-bond donors (Lipinski definition) is 1. The molecule has 29 heavy (non-hydrogen) atoms. The van der Waals surface area contributed by atoms with E-state index < -0.39 is 0 Å². The molecular formula is C22H29ClN4OS. The van der Waals surface area contributed by atoms with Gasteiger partial charge in [0.1, 0.15) is 4.83 Å². The van der Waals surface area contributed by atoms with Crippen LogP contribution in [0.25, 0.3) is 10.2 Å². The number of halogens is 1. The molecule has 0 aliphatic carbocycles. The first-order valence-corrected chi connectivity index (χ1v) is 10.8. The summed E-state index contributed by atoms with van der Waals surface area (Å²) in [6.45, 7) is 7.89. The van der Waals surface area contributed by atoms with Gasteiger partial charge in [0, 0.05) is 31.9 Å². The molecule has 2 aromatic rings. The molecule has 0 aliphatic heterocycles. The maximum Gasteiger partial charge on any atom is 0.162 e. The Bertz CT molecular complexity index is 926. The Balaban J connectivity index is 0.00000204. The van der Waals surface area contributed by atoms with Crippen molar-refractivity contribution in [3.05, 3.63) is 52.7 Å². The molecule has 2 aromatic heterocycles. The van der Waals surface area contributed by atoms with E-state index in [9.17, 15) is 4.79 Å². The number of thiophene rings is 1. The van der Waals surface area contributed by atoms with Crippen LogP contribution in [0.3, 0.4) is 0 Å². The number of nitrogens with zero attached hydrogens (tertiary/aromatic N) is 3. The average Bonchev–Trinajstić information content (AvgIpc) is 3.10. The molecule has 1 N–H and O–H groups in total. The molecule has 156 valence electrons. The largest absolute Gasteiger partial charge is 0.377 e. The van der Waals surface area contributed by atoms with Crippen LogP contribution < -0.4 is 10.2 Å². The van der Waals surface area contributed by atoms with Crippen molar-refractivity contribution < 1.29 is 4.79 Å². The van der Waals surface area contributed by atoms with Crippen LogP contribution in [0, 0.1) is 0 Å². The van der Waals surface area contributed by atoms with Crippen LogP contribution in [-0.4, -0.2) is 37.6 Å². The second kappa shape index (κ2) is 12.9. The third kappa shape index (κ3) is 6.84. The molecule has 0 radical (unpaired) electrons. The van der Waals surface area contributed by atoms with E-state index in [1.807, 2.05) is 77.1 Å². The molecule has 0 bridgehead atoms. The van der Waals surface area contributed by atoms with Gasteiger partial charge in [0.25, 0.3) is 0 Å². The number of rotatable bonds is 8. The second-order valence-corrected chi connectivity index (χ2v) is 7.24. The van der Waals surface area contributed by atoms with E-state index in [0.717, 1.165) is 33.5 Å². The minimum Gasteiger partial charge on any atom is -0.377 e. The molecule has 0 saturated heterocycles. The third-order valence-corrected chi connectivity index (χ3v) is 5.15. The van der Waals surface area contributed by atoms with E-state index in [-0.39, 0.29) is 0 Å². The van der Waals surface area contributed by atoms with Gasteiger partial charge in [-0.05, 0) is 31.6 Å². The van der Waals surface area contributed by atoms with E-state index in [4.69, 9.17) is 11.6 Å². The number of aromatic nitrogens is 1. The zero-order chi connectivity index (χ0) is 21.8. The maximum atomic E-state index is 11.5. The van der Waals surface area contributed by atoms with Crippen molar-refractivity contribution in [3.63, 3.8) is 0 Å². The topological polar surface area (TPSA) is 57.6 Å². The van der Waals surface area contributed by atoms with E-state index >= 15 is 0 Å². The highest BCUT2D eigenvalue weighted by atomic mass is 35.5. The molecule has 0 amide bonds. The summed E-state index contributed by atoms with van der Waals surface area (Å²) in [4.78, 5) is 23.7. The van der Waals surface area contributed by atoms with Crippen molar-refractivity contribution in [2.24, 2.45) is 4.99 Å². The lowest BCUT2D eigenvalue weighted by atomic mass is 10.2. The molecule has 2 heterocycles. The summed E-state index contributed by atoms with van der Waals surface area (Å²) in [5.41, 5.74) is 3.58. The normalized spacial score (nSPS) is 12.4. The van der Waals surface area contributed by atoms with Gasteiger partial charge >= 0.3 is 0 Å². The summed E-state index contributed by atoms with van der Waals surface area (Å²) in [6.07, 6.45) is 12.0. The number of fused-ring (bicyclic) bond motifs is 1. The van der Waals surface area contributed by atoms with Gasteiger partial charge in [-0.2, -0.15) is 0 Å². The number of carbonyl (C=O) groups excluding carboxylic acids is 1. The van der Waals surface area contributed by atoms with Crippen molar-refractivity contribution in [2.75, 3.05) is 24.9 Å². The average molecular weight is 433 g/mol. The Labute approximate surface area is 182 Å². The van der Waals surface area contributed by atoms with Crippen LogP contribution >= 0.6 is 22.9 Å². The summed E-state index contributed by atoms with van der Waals surface area (Å²) >= 11 is 7.17. The molecule has 0 aliphatic rings. The molecule has 0 aromatic carbocycles. The zero-order valence-corrected chi connectivity index (χ0v) is 19.4. The lowest BCUT2D eigenvalue weighted by molar-refractivity contribution is 0.112. The van der Waals surface area contributed by atoms with Crippen LogP contribution in [0.1, 0.15) is 37.4 Å². The highest BCUT2D eigenvalue weighted by Crippen LogP contribution is 2.40. The quantitative estimate of drug-likeness (QED) is 0.180. The zero-order valence-electron chi connectivity index (χ0n) is 17.9. The number of alkyl halides is 1. The number of anilines is 1. The number of allylic oxidation sites excluding steroid dienone is 6. The summed E-state index contributed by atoms with van der Waals surface area (Å²) < 4.78 is 0. The van der Waals surface area contributed by atoms with Gasteiger partial charge in [-0.25, -0.2) is 9.98 Å². The van der Waals surface area contributed by atoms with Gasteiger partial charge in [0.15, 0.2) is 6.29 Å². The molecule has 0 spiro atoms. The number of nitrogens with one attached hydrogen (secondary N) is 1. The number of pyridine rings is 1. The Kier molecular flexibility index (Phi) is 10.9. The fraction of sp³-hybridized carbons (Fsp3) is 0.318. The Morgan fingerprint density at radius 3 is 2.69 bits per heavy atom. The molecule has 0 unspecified atom stereocenters. The van der Waals surface area contributed by atoms with Crippen molar-refractivity contribution in [3.8, 4) is 0 Å². The molecule has 7 heteroatoms. The van der Waals surface area contributed by atoms with Gasteiger partial charge in [-0.1, -0.05) is 32.1 Å². The highest BCUT2D eigenvalue weighted by Gasteiger charge is 2.16. The van der Waals surface area contributed by atoms with Crippen LogP contribution in [0.2, 0.25) is 0 Å². The second-order valence-electron chi connectivity index (χ2n) is 5.95. The Morgan fingerprint density at radius 2 is 2.10 bits per heavy atom. The van der Waals surface area contributed by atoms with Crippen LogP contribution in [0.15, 0.2) is 52.8 Å². The minimum absolute atomic E-state index is 0.483. The summed E-state index contributed by atoms with van der Waals surface area (Å²) in [5.74, 6) is 0.483. The molecule has 0 saturated carbocycles. The number of hydrogen-bond acceptors (Lipinski definition) is 5. The van der Waals surface area contributed by atoms with Crippen molar-refractivity contribution in [1.29, 1.82) is 0 Å². The van der Waals surface area contributed by atoms with Crippen LogP contribution in [0.5, 0.6) is 0 Å². The van der Waals surface area contributed by atoms with Gasteiger partial charge < -0.3 is 10.2 Å². The standard InChI is InChI=1S/C20H23ClN4OS.C2H6/c1-5-15(11-21)8-6-7-14(2)23-13-24-19-17(12-26)27-20-18(19)16(25(3)4)9-10-22-20;1-2/h5-10,12-13H,11H2,1-4H3,(H,23,24);1-2H3/b8-6-,14-7+,15-5+;. The highest BCUT2D eigenvalue weighted by molar-refractivity contribution is 7.21. The molecule has 0 atom stereocenters. The lowest BCUT2D eigenvalue weighted by Crippen LogP contribution is -2.09. The van der Waals surface area contributed by atoms with Crippen LogP contribution in [-0.2, 0) is 0 Å². The Hall–Kier alpha value is -2.44. The van der Waals surface area contributed by atoms with Crippen molar-refractivity contribution >= 4 is 57.2 Å². The predicted molar refractivity (Wildman–Crippen MR) is 129 cm³/mol. The summed E-state index contributed by atoms with van der Waals surface area (Å²) in [7, 11) is 3.91. The molecule has 5 nitrogen and oxygen atoms in total. The number of carbonyl (C=O) groups is 1. The molecule has 0 fully saturated rings. The predicted octanol–water partition coefficient (Wildman–Crippen LogP) is 6.10.